The Balaban J connectivity index is 1.74. The predicted octanol–water partition coefficient (Wildman–Crippen LogP) is 3.68. The Morgan fingerprint density at radius 2 is 1.89 bits per heavy atom. The topological polar surface area (TPSA) is 29.5 Å². The van der Waals surface area contributed by atoms with Crippen molar-refractivity contribution in [2.75, 3.05) is 0 Å². The van der Waals surface area contributed by atoms with Crippen molar-refractivity contribution in [1.29, 1.82) is 0 Å². The molecule has 2 fully saturated rings. The number of aliphatic hydroxyl groups excluding tert-OH is 1. The SMILES string of the molecule is OC1CC(Oc2cccc(F)c2)C12CCCCCC2. The molecule has 1 aromatic rings. The van der Waals surface area contributed by atoms with Crippen molar-refractivity contribution in [2.24, 2.45) is 5.41 Å². The monoisotopic (exact) mass is 264 g/mol. The molecule has 104 valence electrons. The molecule has 2 aliphatic carbocycles. The van der Waals surface area contributed by atoms with Gasteiger partial charge < -0.3 is 9.84 Å². The molecule has 3 heteroatoms. The fraction of sp³-hybridized carbons (Fsp3) is 0.625. The molecule has 0 aromatic heterocycles. The van der Waals surface area contributed by atoms with Crippen LogP contribution in [0.25, 0.3) is 0 Å². The summed E-state index contributed by atoms with van der Waals surface area (Å²) in [5, 5.41) is 10.2. The zero-order valence-corrected chi connectivity index (χ0v) is 11.1. The second kappa shape index (κ2) is 5.12. The Kier molecular flexibility index (Phi) is 3.48. The van der Waals surface area contributed by atoms with Crippen LogP contribution in [-0.4, -0.2) is 17.3 Å². The van der Waals surface area contributed by atoms with Gasteiger partial charge in [-0.25, -0.2) is 4.39 Å². The van der Waals surface area contributed by atoms with Crippen LogP contribution in [0, 0.1) is 11.2 Å². The fourth-order valence-electron chi connectivity index (χ4n) is 3.64. The highest BCUT2D eigenvalue weighted by Crippen LogP contribution is 2.52. The highest BCUT2D eigenvalue weighted by Gasteiger charge is 2.55. The van der Waals surface area contributed by atoms with E-state index in [-0.39, 0.29) is 23.4 Å². The van der Waals surface area contributed by atoms with Crippen LogP contribution in [0.15, 0.2) is 24.3 Å². The van der Waals surface area contributed by atoms with E-state index < -0.39 is 0 Å². The van der Waals surface area contributed by atoms with E-state index in [2.05, 4.69) is 0 Å². The van der Waals surface area contributed by atoms with E-state index in [9.17, 15) is 9.50 Å². The standard InChI is InChI=1S/C16H21FO2/c17-12-6-5-7-13(10-12)19-15-11-14(18)16(15)8-3-1-2-4-9-16/h5-7,10,14-15,18H,1-4,8-9,11H2. The zero-order chi connectivity index (χ0) is 13.3. The second-order valence-corrected chi connectivity index (χ2v) is 5.96. The van der Waals surface area contributed by atoms with Gasteiger partial charge >= 0.3 is 0 Å². The molecule has 2 nitrogen and oxygen atoms in total. The van der Waals surface area contributed by atoms with E-state index in [0.717, 1.165) is 12.8 Å². The summed E-state index contributed by atoms with van der Waals surface area (Å²) in [7, 11) is 0. The van der Waals surface area contributed by atoms with E-state index in [1.165, 1.54) is 37.8 Å². The van der Waals surface area contributed by atoms with E-state index in [1.807, 2.05) is 0 Å². The first-order valence-electron chi connectivity index (χ1n) is 7.31. The minimum atomic E-state index is -0.271. The maximum absolute atomic E-state index is 13.2. The van der Waals surface area contributed by atoms with Crippen molar-refractivity contribution in [1.82, 2.24) is 0 Å². The Labute approximate surface area is 113 Å². The van der Waals surface area contributed by atoms with E-state index in [1.54, 1.807) is 12.1 Å². The Morgan fingerprint density at radius 3 is 2.53 bits per heavy atom. The van der Waals surface area contributed by atoms with Crippen LogP contribution in [-0.2, 0) is 0 Å². The zero-order valence-electron chi connectivity index (χ0n) is 11.1. The molecule has 2 unspecified atom stereocenters. The number of rotatable bonds is 2. The van der Waals surface area contributed by atoms with Gasteiger partial charge in [-0.15, -0.1) is 0 Å². The Hall–Kier alpha value is -1.09. The van der Waals surface area contributed by atoms with Gasteiger partial charge in [0.05, 0.1) is 6.10 Å². The van der Waals surface area contributed by atoms with Gasteiger partial charge in [0.2, 0.25) is 0 Å². The maximum atomic E-state index is 13.2. The van der Waals surface area contributed by atoms with Crippen LogP contribution in [0.2, 0.25) is 0 Å². The highest BCUT2D eigenvalue weighted by molar-refractivity contribution is 5.24. The van der Waals surface area contributed by atoms with Gasteiger partial charge in [-0.3, -0.25) is 0 Å². The van der Waals surface area contributed by atoms with Crippen molar-refractivity contribution >= 4 is 0 Å². The average molecular weight is 264 g/mol. The summed E-state index contributed by atoms with van der Waals surface area (Å²) in [6.07, 6.45) is 7.38. The summed E-state index contributed by atoms with van der Waals surface area (Å²) in [5.41, 5.74) is -0.0805. The van der Waals surface area contributed by atoms with Crippen LogP contribution in [0.1, 0.15) is 44.9 Å². The number of aliphatic hydroxyl groups is 1. The van der Waals surface area contributed by atoms with E-state index >= 15 is 0 Å². The Morgan fingerprint density at radius 1 is 1.16 bits per heavy atom. The molecule has 2 aliphatic rings. The first-order chi connectivity index (χ1) is 9.21. The van der Waals surface area contributed by atoms with Gasteiger partial charge in [0, 0.05) is 17.9 Å². The number of hydrogen-bond donors (Lipinski definition) is 1. The van der Waals surface area contributed by atoms with Crippen LogP contribution < -0.4 is 4.74 Å². The van der Waals surface area contributed by atoms with Crippen molar-refractivity contribution in [3.63, 3.8) is 0 Å². The predicted molar refractivity (Wildman–Crippen MR) is 71.6 cm³/mol. The summed E-state index contributed by atoms with van der Waals surface area (Å²) >= 11 is 0. The molecule has 2 atom stereocenters. The molecule has 1 N–H and O–H groups in total. The molecule has 1 aromatic carbocycles. The molecule has 0 bridgehead atoms. The Bertz CT molecular complexity index is 438. The molecule has 19 heavy (non-hydrogen) atoms. The average Bonchev–Trinajstić information content (AvgIpc) is 2.66. The van der Waals surface area contributed by atoms with E-state index in [4.69, 9.17) is 4.74 Å². The van der Waals surface area contributed by atoms with Crippen LogP contribution in [0.5, 0.6) is 5.75 Å². The van der Waals surface area contributed by atoms with Crippen molar-refractivity contribution in [3.05, 3.63) is 30.1 Å². The lowest BCUT2D eigenvalue weighted by Crippen LogP contribution is -2.59. The fourth-order valence-corrected chi connectivity index (χ4v) is 3.64. The summed E-state index contributed by atoms with van der Waals surface area (Å²) < 4.78 is 19.1. The van der Waals surface area contributed by atoms with Gasteiger partial charge in [-0.05, 0) is 25.0 Å². The third-order valence-corrected chi connectivity index (χ3v) is 4.85. The van der Waals surface area contributed by atoms with Crippen molar-refractivity contribution in [3.8, 4) is 5.75 Å². The number of ether oxygens (including phenoxy) is 1. The molecule has 0 saturated heterocycles. The normalized spacial score (nSPS) is 29.6. The van der Waals surface area contributed by atoms with Crippen molar-refractivity contribution < 1.29 is 14.2 Å². The summed E-state index contributed by atoms with van der Waals surface area (Å²) in [5.74, 6) is 0.313. The lowest BCUT2D eigenvalue weighted by atomic mass is 9.59. The summed E-state index contributed by atoms with van der Waals surface area (Å²) in [6, 6.07) is 6.30. The molecule has 1 spiro atoms. The molecule has 3 rings (SSSR count). The molecule has 0 aliphatic heterocycles. The molecule has 2 saturated carbocycles. The second-order valence-electron chi connectivity index (χ2n) is 5.96. The molecule has 0 amide bonds. The first-order valence-corrected chi connectivity index (χ1v) is 7.31. The van der Waals surface area contributed by atoms with Crippen molar-refractivity contribution in [2.45, 2.75) is 57.2 Å². The van der Waals surface area contributed by atoms with Crippen LogP contribution in [0.3, 0.4) is 0 Å². The summed E-state index contributed by atoms with van der Waals surface area (Å²) in [6.45, 7) is 0. The summed E-state index contributed by atoms with van der Waals surface area (Å²) in [4.78, 5) is 0. The van der Waals surface area contributed by atoms with Gasteiger partial charge in [0.15, 0.2) is 0 Å². The minimum absolute atomic E-state index is 0.0439. The largest absolute Gasteiger partial charge is 0.490 e. The van der Waals surface area contributed by atoms with Crippen LogP contribution in [0.4, 0.5) is 4.39 Å². The molecular formula is C16H21FO2. The lowest BCUT2D eigenvalue weighted by molar-refractivity contribution is -0.163. The van der Waals surface area contributed by atoms with Gasteiger partial charge in [-0.1, -0.05) is 31.7 Å². The maximum Gasteiger partial charge on any atom is 0.126 e. The molecular weight excluding hydrogens is 243 g/mol. The van der Waals surface area contributed by atoms with Crippen LogP contribution >= 0.6 is 0 Å². The number of benzene rings is 1. The minimum Gasteiger partial charge on any atom is -0.490 e. The first kappa shape index (κ1) is 12.9. The lowest BCUT2D eigenvalue weighted by Gasteiger charge is -2.53. The highest BCUT2D eigenvalue weighted by atomic mass is 19.1. The van der Waals surface area contributed by atoms with Gasteiger partial charge in [-0.2, -0.15) is 0 Å². The smallest absolute Gasteiger partial charge is 0.126 e. The van der Waals surface area contributed by atoms with Gasteiger partial charge in [0.1, 0.15) is 17.7 Å². The third kappa shape index (κ3) is 2.36. The molecule has 0 radical (unpaired) electrons. The third-order valence-electron chi connectivity index (χ3n) is 4.85. The number of hydrogen-bond acceptors (Lipinski definition) is 2. The number of halogens is 1. The van der Waals surface area contributed by atoms with Gasteiger partial charge in [0.25, 0.3) is 0 Å². The molecule has 0 heterocycles. The quantitative estimate of drug-likeness (QED) is 0.883. The van der Waals surface area contributed by atoms with E-state index in [0.29, 0.717) is 12.2 Å².